The number of benzene rings is 2. The lowest BCUT2D eigenvalue weighted by Gasteiger charge is -2.17. The SMILES string of the molecule is CCc1ccc(CC(=O)NC(C)c2cc(C)ccc2C)cc1. The van der Waals surface area contributed by atoms with Gasteiger partial charge in [0.25, 0.3) is 0 Å². The molecule has 0 radical (unpaired) electrons. The van der Waals surface area contributed by atoms with Gasteiger partial charge in [0.2, 0.25) is 5.91 Å². The van der Waals surface area contributed by atoms with Gasteiger partial charge in [0.1, 0.15) is 0 Å². The Labute approximate surface area is 133 Å². The van der Waals surface area contributed by atoms with E-state index < -0.39 is 0 Å². The minimum Gasteiger partial charge on any atom is -0.349 e. The maximum atomic E-state index is 12.2. The van der Waals surface area contributed by atoms with Crippen LogP contribution in [0.15, 0.2) is 42.5 Å². The Kier molecular flexibility index (Phi) is 5.37. The highest BCUT2D eigenvalue weighted by atomic mass is 16.1. The van der Waals surface area contributed by atoms with E-state index >= 15 is 0 Å². The van der Waals surface area contributed by atoms with Gasteiger partial charge in [-0.1, -0.05) is 55.0 Å². The molecule has 0 aliphatic carbocycles. The molecule has 1 atom stereocenters. The van der Waals surface area contributed by atoms with Crippen LogP contribution in [0.3, 0.4) is 0 Å². The number of rotatable bonds is 5. The fourth-order valence-electron chi connectivity index (χ4n) is 2.67. The molecule has 22 heavy (non-hydrogen) atoms. The second kappa shape index (κ2) is 7.26. The van der Waals surface area contributed by atoms with E-state index in [-0.39, 0.29) is 11.9 Å². The van der Waals surface area contributed by atoms with Crippen LogP contribution < -0.4 is 5.32 Å². The Bertz CT molecular complexity index is 643. The van der Waals surface area contributed by atoms with E-state index in [9.17, 15) is 4.79 Å². The molecule has 0 bridgehead atoms. The number of hydrogen-bond donors (Lipinski definition) is 1. The van der Waals surface area contributed by atoms with Gasteiger partial charge in [-0.05, 0) is 49.4 Å². The number of carbonyl (C=O) groups is 1. The van der Waals surface area contributed by atoms with Gasteiger partial charge in [-0.15, -0.1) is 0 Å². The Balaban J connectivity index is 2.00. The summed E-state index contributed by atoms with van der Waals surface area (Å²) in [5.74, 6) is 0.0673. The van der Waals surface area contributed by atoms with Gasteiger partial charge in [0, 0.05) is 0 Å². The van der Waals surface area contributed by atoms with E-state index in [1.165, 1.54) is 22.3 Å². The highest BCUT2D eigenvalue weighted by Crippen LogP contribution is 2.19. The molecule has 0 saturated carbocycles. The summed E-state index contributed by atoms with van der Waals surface area (Å²) in [5, 5.41) is 3.10. The van der Waals surface area contributed by atoms with Crippen LogP contribution >= 0.6 is 0 Å². The van der Waals surface area contributed by atoms with Crippen LogP contribution in [0.5, 0.6) is 0 Å². The summed E-state index contributed by atoms with van der Waals surface area (Å²) < 4.78 is 0. The minimum absolute atomic E-state index is 0.0299. The molecule has 1 N–H and O–H groups in total. The van der Waals surface area contributed by atoms with Crippen molar-refractivity contribution in [3.8, 4) is 0 Å². The topological polar surface area (TPSA) is 29.1 Å². The Morgan fingerprint density at radius 1 is 1.05 bits per heavy atom. The van der Waals surface area contributed by atoms with E-state index in [0.717, 1.165) is 12.0 Å². The molecule has 2 rings (SSSR count). The van der Waals surface area contributed by atoms with Crippen LogP contribution in [-0.2, 0) is 17.6 Å². The molecule has 0 aliphatic heterocycles. The largest absolute Gasteiger partial charge is 0.349 e. The fraction of sp³-hybridized carbons (Fsp3) is 0.350. The van der Waals surface area contributed by atoms with Crippen molar-refractivity contribution in [2.75, 3.05) is 0 Å². The first-order chi connectivity index (χ1) is 10.5. The van der Waals surface area contributed by atoms with Crippen LogP contribution in [0, 0.1) is 13.8 Å². The number of nitrogens with one attached hydrogen (secondary N) is 1. The van der Waals surface area contributed by atoms with Gasteiger partial charge < -0.3 is 5.32 Å². The van der Waals surface area contributed by atoms with Crippen molar-refractivity contribution in [1.29, 1.82) is 0 Å². The van der Waals surface area contributed by atoms with Crippen molar-refractivity contribution in [2.24, 2.45) is 0 Å². The summed E-state index contributed by atoms with van der Waals surface area (Å²) >= 11 is 0. The van der Waals surface area contributed by atoms with Gasteiger partial charge in [-0.2, -0.15) is 0 Å². The lowest BCUT2D eigenvalue weighted by molar-refractivity contribution is -0.121. The molecule has 2 nitrogen and oxygen atoms in total. The maximum absolute atomic E-state index is 12.2. The van der Waals surface area contributed by atoms with E-state index in [4.69, 9.17) is 0 Å². The van der Waals surface area contributed by atoms with Gasteiger partial charge in [-0.25, -0.2) is 0 Å². The standard InChI is InChI=1S/C20H25NO/c1-5-17-8-10-18(11-9-17)13-20(22)21-16(4)19-12-14(2)6-7-15(19)3/h6-12,16H,5,13H2,1-4H3,(H,21,22). The van der Waals surface area contributed by atoms with E-state index in [1.54, 1.807) is 0 Å². The van der Waals surface area contributed by atoms with Crippen molar-refractivity contribution in [2.45, 2.75) is 46.6 Å². The summed E-state index contributed by atoms with van der Waals surface area (Å²) in [6.45, 7) is 8.33. The van der Waals surface area contributed by atoms with Crippen LogP contribution in [0.4, 0.5) is 0 Å². The molecular weight excluding hydrogens is 270 g/mol. The lowest BCUT2D eigenvalue weighted by Crippen LogP contribution is -2.28. The molecule has 0 saturated heterocycles. The highest BCUT2D eigenvalue weighted by molar-refractivity contribution is 5.79. The third kappa shape index (κ3) is 4.20. The molecule has 116 valence electrons. The van der Waals surface area contributed by atoms with Crippen molar-refractivity contribution >= 4 is 5.91 Å². The predicted octanol–water partition coefficient (Wildman–Crippen LogP) is 4.29. The van der Waals surface area contributed by atoms with Crippen LogP contribution in [0.25, 0.3) is 0 Å². The molecule has 2 aromatic carbocycles. The van der Waals surface area contributed by atoms with E-state index in [0.29, 0.717) is 6.42 Å². The summed E-state index contributed by atoms with van der Waals surface area (Å²) in [7, 11) is 0. The minimum atomic E-state index is 0.0299. The zero-order valence-electron chi connectivity index (χ0n) is 13.9. The van der Waals surface area contributed by atoms with Gasteiger partial charge >= 0.3 is 0 Å². The first kappa shape index (κ1) is 16.3. The van der Waals surface area contributed by atoms with Crippen molar-refractivity contribution in [3.63, 3.8) is 0 Å². The van der Waals surface area contributed by atoms with Crippen molar-refractivity contribution in [1.82, 2.24) is 5.32 Å². The molecule has 0 heterocycles. The van der Waals surface area contributed by atoms with Crippen LogP contribution in [-0.4, -0.2) is 5.91 Å². The first-order valence-corrected chi connectivity index (χ1v) is 7.94. The Hall–Kier alpha value is -2.09. The quantitative estimate of drug-likeness (QED) is 0.876. The van der Waals surface area contributed by atoms with Crippen molar-refractivity contribution in [3.05, 3.63) is 70.3 Å². The monoisotopic (exact) mass is 295 g/mol. The summed E-state index contributed by atoms with van der Waals surface area (Å²) in [6.07, 6.45) is 1.45. The second-order valence-corrected chi connectivity index (χ2v) is 6.00. The first-order valence-electron chi connectivity index (χ1n) is 7.94. The van der Waals surface area contributed by atoms with Crippen molar-refractivity contribution < 1.29 is 4.79 Å². The third-order valence-corrected chi connectivity index (χ3v) is 4.07. The molecule has 2 aromatic rings. The number of carbonyl (C=O) groups excluding carboxylic acids is 1. The molecule has 1 amide bonds. The second-order valence-electron chi connectivity index (χ2n) is 6.00. The molecule has 2 heteroatoms. The van der Waals surface area contributed by atoms with E-state index in [2.05, 4.69) is 56.4 Å². The molecule has 0 fully saturated rings. The third-order valence-electron chi connectivity index (χ3n) is 4.07. The zero-order valence-corrected chi connectivity index (χ0v) is 13.9. The van der Waals surface area contributed by atoms with E-state index in [1.807, 2.05) is 19.1 Å². The van der Waals surface area contributed by atoms with Crippen LogP contribution in [0.2, 0.25) is 0 Å². The highest BCUT2D eigenvalue weighted by Gasteiger charge is 2.12. The average Bonchev–Trinajstić information content (AvgIpc) is 2.50. The smallest absolute Gasteiger partial charge is 0.224 e. The lowest BCUT2D eigenvalue weighted by atomic mass is 9.99. The molecular formula is C20H25NO. The summed E-state index contributed by atoms with van der Waals surface area (Å²) in [4.78, 5) is 12.2. The number of hydrogen-bond acceptors (Lipinski definition) is 1. The Morgan fingerprint density at radius 3 is 2.32 bits per heavy atom. The molecule has 0 aromatic heterocycles. The number of aryl methyl sites for hydroxylation is 3. The van der Waals surface area contributed by atoms with Gasteiger partial charge in [0.15, 0.2) is 0 Å². The Morgan fingerprint density at radius 2 is 1.68 bits per heavy atom. The zero-order chi connectivity index (χ0) is 16.1. The number of amides is 1. The predicted molar refractivity (Wildman–Crippen MR) is 92.0 cm³/mol. The van der Waals surface area contributed by atoms with Gasteiger partial charge in [-0.3, -0.25) is 4.79 Å². The fourth-order valence-corrected chi connectivity index (χ4v) is 2.67. The summed E-state index contributed by atoms with van der Waals surface area (Å²) in [6, 6.07) is 14.7. The summed E-state index contributed by atoms with van der Waals surface area (Å²) in [5.41, 5.74) is 5.98. The molecule has 0 aliphatic rings. The molecule has 0 spiro atoms. The average molecular weight is 295 g/mol. The van der Waals surface area contributed by atoms with Gasteiger partial charge in [0.05, 0.1) is 12.5 Å². The van der Waals surface area contributed by atoms with Crippen LogP contribution in [0.1, 0.15) is 47.7 Å². The maximum Gasteiger partial charge on any atom is 0.224 e. The normalized spacial score (nSPS) is 12.0. The molecule has 1 unspecified atom stereocenters.